The zero-order valence-corrected chi connectivity index (χ0v) is 28.4. The molecule has 1 atom stereocenters. The van der Waals surface area contributed by atoms with Gasteiger partial charge in [-0.2, -0.15) is 4.57 Å². The van der Waals surface area contributed by atoms with Crippen molar-refractivity contribution < 1.29 is 32.5 Å². The quantitative estimate of drug-likeness (QED) is 0.0634. The highest BCUT2D eigenvalue weighted by molar-refractivity contribution is 9.10. The minimum absolute atomic E-state index is 0.00430. The van der Waals surface area contributed by atoms with Gasteiger partial charge in [-0.15, -0.1) is 0 Å². The average molecular weight is 683 g/mol. The number of hydrogen-bond donors (Lipinski definition) is 0. The highest BCUT2D eigenvalue weighted by Crippen LogP contribution is 2.48. The first kappa shape index (κ1) is 34.4. The van der Waals surface area contributed by atoms with Gasteiger partial charge >= 0.3 is 7.82 Å². The minimum atomic E-state index is -4.79. The second kappa shape index (κ2) is 18.6. The van der Waals surface area contributed by atoms with Crippen molar-refractivity contribution in [1.82, 2.24) is 0 Å². The second-order valence-electron chi connectivity index (χ2n) is 10.6. The van der Waals surface area contributed by atoms with Crippen LogP contribution in [0.15, 0.2) is 52.6 Å². The summed E-state index contributed by atoms with van der Waals surface area (Å²) in [6.07, 6.45) is 17.2. The fourth-order valence-corrected chi connectivity index (χ4v) is 6.59. The van der Waals surface area contributed by atoms with E-state index in [1.54, 1.807) is 35.6 Å². The van der Waals surface area contributed by atoms with Crippen molar-refractivity contribution in [3.63, 3.8) is 0 Å². The Morgan fingerprint density at radius 3 is 2.17 bits per heavy atom. The SMILES string of the molecule is CCCCCCCCCCCCCCOc1cc(Br)cc(OP(=O)([O-])Oc2cccc(C[n+]3csc(C)c3)c2)c1OC. The molecule has 0 radical (unpaired) electrons. The first-order valence-electron chi connectivity index (χ1n) is 15.0. The highest BCUT2D eigenvalue weighted by atomic mass is 79.9. The lowest BCUT2D eigenvalue weighted by molar-refractivity contribution is -0.683. The number of phosphoric ester groups is 1. The third kappa shape index (κ3) is 12.7. The van der Waals surface area contributed by atoms with Crippen LogP contribution < -0.4 is 28.0 Å². The summed E-state index contributed by atoms with van der Waals surface area (Å²) in [6.45, 7) is 5.40. The summed E-state index contributed by atoms with van der Waals surface area (Å²) in [5.41, 5.74) is 2.92. The lowest BCUT2D eigenvalue weighted by Gasteiger charge is -2.25. The number of thiazole rings is 1. The van der Waals surface area contributed by atoms with Gasteiger partial charge in [-0.25, -0.2) is 4.57 Å². The normalized spacial score (nSPS) is 12.6. The summed E-state index contributed by atoms with van der Waals surface area (Å²) in [7, 11) is -3.33. The number of ether oxygens (including phenoxy) is 2. The minimum Gasteiger partial charge on any atom is -0.736 e. The molecule has 7 nitrogen and oxygen atoms in total. The van der Waals surface area contributed by atoms with Crippen molar-refractivity contribution in [3.05, 3.63) is 63.0 Å². The summed E-state index contributed by atoms with van der Waals surface area (Å²) in [5.74, 6) is 0.788. The molecule has 0 saturated carbocycles. The van der Waals surface area contributed by atoms with Gasteiger partial charge in [-0.3, -0.25) is 0 Å². The zero-order chi connectivity index (χ0) is 30.2. The van der Waals surface area contributed by atoms with E-state index in [4.69, 9.17) is 18.5 Å². The number of aromatic nitrogens is 1. The van der Waals surface area contributed by atoms with Gasteiger partial charge < -0.3 is 23.4 Å². The maximum atomic E-state index is 12.9. The van der Waals surface area contributed by atoms with E-state index in [-0.39, 0.29) is 17.2 Å². The van der Waals surface area contributed by atoms with Crippen molar-refractivity contribution in [2.24, 2.45) is 0 Å². The van der Waals surface area contributed by atoms with Crippen molar-refractivity contribution in [3.8, 4) is 23.0 Å². The van der Waals surface area contributed by atoms with E-state index in [0.717, 1.165) is 18.4 Å². The van der Waals surface area contributed by atoms with E-state index < -0.39 is 7.82 Å². The molecule has 0 aliphatic rings. The molecule has 232 valence electrons. The maximum Gasteiger partial charge on any atom is 0.372 e. The topological polar surface area (TPSA) is 80.9 Å². The van der Waals surface area contributed by atoms with Gasteiger partial charge in [0.25, 0.3) is 0 Å². The molecule has 1 unspecified atom stereocenters. The van der Waals surface area contributed by atoms with E-state index in [9.17, 15) is 9.46 Å². The van der Waals surface area contributed by atoms with E-state index >= 15 is 0 Å². The Morgan fingerprint density at radius 1 is 0.905 bits per heavy atom. The van der Waals surface area contributed by atoms with Gasteiger partial charge in [-0.1, -0.05) is 117 Å². The van der Waals surface area contributed by atoms with Gasteiger partial charge in [0.15, 0.2) is 24.2 Å². The fourth-order valence-electron chi connectivity index (χ4n) is 4.75. The molecule has 0 fully saturated rings. The molecule has 0 N–H and O–H groups in total. The molecule has 3 rings (SSSR count). The number of methoxy groups -OCH3 is 1. The van der Waals surface area contributed by atoms with E-state index in [0.29, 0.717) is 23.4 Å². The first-order chi connectivity index (χ1) is 20.3. The molecule has 0 aliphatic carbocycles. The van der Waals surface area contributed by atoms with Crippen LogP contribution in [0.5, 0.6) is 23.0 Å². The number of halogens is 1. The zero-order valence-electron chi connectivity index (χ0n) is 25.1. The molecule has 3 aromatic rings. The van der Waals surface area contributed by atoms with Gasteiger partial charge in [0.05, 0.1) is 18.6 Å². The van der Waals surface area contributed by atoms with Crippen LogP contribution in [-0.2, 0) is 11.1 Å². The molecular formula is C32H45BrNO6PS. The van der Waals surface area contributed by atoms with Gasteiger partial charge in [0.1, 0.15) is 5.75 Å². The largest absolute Gasteiger partial charge is 0.736 e. The summed E-state index contributed by atoms with van der Waals surface area (Å²) in [6, 6.07) is 10.2. The van der Waals surface area contributed by atoms with Crippen LogP contribution in [0.2, 0.25) is 0 Å². The van der Waals surface area contributed by atoms with Gasteiger partial charge in [-0.05, 0) is 37.6 Å². The summed E-state index contributed by atoms with van der Waals surface area (Å²) in [4.78, 5) is 14.1. The van der Waals surface area contributed by atoms with Crippen molar-refractivity contribution >= 4 is 35.1 Å². The van der Waals surface area contributed by atoms with E-state index in [1.165, 1.54) is 82.3 Å². The molecule has 0 spiro atoms. The number of phosphoric acid groups is 1. The monoisotopic (exact) mass is 681 g/mol. The van der Waals surface area contributed by atoms with Crippen molar-refractivity contribution in [2.45, 2.75) is 97.4 Å². The summed E-state index contributed by atoms with van der Waals surface area (Å²) < 4.78 is 37.7. The number of hydrogen-bond acceptors (Lipinski definition) is 7. The van der Waals surface area contributed by atoms with Gasteiger partial charge in [0, 0.05) is 10.0 Å². The van der Waals surface area contributed by atoms with Gasteiger partial charge in [0.2, 0.25) is 11.3 Å². The van der Waals surface area contributed by atoms with E-state index in [2.05, 4.69) is 22.9 Å². The van der Waals surface area contributed by atoms with Crippen LogP contribution >= 0.6 is 35.1 Å². The fraction of sp³-hybridized carbons (Fsp3) is 0.531. The number of aryl methyl sites for hydroxylation is 1. The molecule has 1 aromatic heterocycles. The molecule has 42 heavy (non-hydrogen) atoms. The Balaban J connectivity index is 1.47. The van der Waals surface area contributed by atoms with Crippen LogP contribution in [0.1, 0.15) is 94.4 Å². The van der Waals surface area contributed by atoms with Crippen molar-refractivity contribution in [1.29, 1.82) is 0 Å². The Kier molecular flexibility index (Phi) is 15.2. The van der Waals surface area contributed by atoms with Crippen molar-refractivity contribution in [2.75, 3.05) is 13.7 Å². The Bertz CT molecular complexity index is 1270. The maximum absolute atomic E-state index is 12.9. The standard InChI is InChI=1S/C32H45BrNO6PS/c1-4-5-6-7-8-9-10-11-12-13-14-15-19-38-30-21-28(33)22-31(32(30)37-3)40-41(35,36)39-29-18-16-17-27(20-29)24-34-23-26(2)42-25-34/h16-18,20-23,25H,4-15,19,24H2,1-3H3. The number of nitrogens with zero attached hydrogens (tertiary/aromatic N) is 1. The molecule has 0 saturated heterocycles. The molecule has 2 aromatic carbocycles. The van der Waals surface area contributed by atoms with Crippen LogP contribution in [0.25, 0.3) is 0 Å². The third-order valence-electron chi connectivity index (χ3n) is 6.86. The predicted octanol–water partition coefficient (Wildman–Crippen LogP) is 9.17. The van der Waals surface area contributed by atoms with E-state index in [1.807, 2.05) is 29.3 Å². The molecule has 0 aliphatic heterocycles. The second-order valence-corrected chi connectivity index (χ2v) is 13.9. The number of unbranched alkanes of at least 4 members (excludes halogenated alkanes) is 11. The lowest BCUT2D eigenvalue weighted by atomic mass is 10.1. The predicted molar refractivity (Wildman–Crippen MR) is 171 cm³/mol. The molecule has 1 heterocycles. The first-order valence-corrected chi connectivity index (χ1v) is 18.2. The Labute approximate surface area is 263 Å². The van der Waals surface area contributed by atoms with Crippen LogP contribution in [0, 0.1) is 6.92 Å². The lowest BCUT2D eigenvalue weighted by Crippen LogP contribution is -2.30. The summed E-state index contributed by atoms with van der Waals surface area (Å²) >= 11 is 5.07. The molecule has 0 amide bonds. The Hall–Kier alpha value is -2.06. The number of rotatable bonds is 21. The highest BCUT2D eigenvalue weighted by Gasteiger charge is 2.21. The van der Waals surface area contributed by atoms with Crippen LogP contribution in [0.3, 0.4) is 0 Å². The molecular weight excluding hydrogens is 637 g/mol. The average Bonchev–Trinajstić information content (AvgIpc) is 3.35. The summed E-state index contributed by atoms with van der Waals surface area (Å²) in [5, 5.41) is 0. The Morgan fingerprint density at radius 2 is 1.55 bits per heavy atom. The number of benzene rings is 2. The third-order valence-corrected chi connectivity index (χ3v) is 9.02. The molecule has 0 bridgehead atoms. The van der Waals surface area contributed by atoms with Crippen LogP contribution in [-0.4, -0.2) is 13.7 Å². The molecule has 10 heteroatoms. The smallest absolute Gasteiger partial charge is 0.372 e. The van der Waals surface area contributed by atoms with Crippen LogP contribution in [0.4, 0.5) is 0 Å².